The fourth-order valence-corrected chi connectivity index (χ4v) is 2.34. The monoisotopic (exact) mass is 332 g/mol. The lowest BCUT2D eigenvalue weighted by molar-refractivity contribution is 0.102. The fraction of sp³-hybridized carbons (Fsp3) is 0.273. The fourth-order valence-electron chi connectivity index (χ4n) is 1.38. The number of hydrogen-bond donors (Lipinski definition) is 1. The summed E-state index contributed by atoms with van der Waals surface area (Å²) in [6.45, 7) is 2.47. The van der Waals surface area contributed by atoms with Gasteiger partial charge < -0.3 is 4.74 Å². The number of aromatic nitrogens is 3. The number of ether oxygens (including phenoxy) is 1. The van der Waals surface area contributed by atoms with E-state index in [2.05, 4.69) is 20.1 Å². The van der Waals surface area contributed by atoms with Crippen LogP contribution in [0.3, 0.4) is 0 Å². The predicted molar refractivity (Wildman–Crippen MR) is 77.9 cm³/mol. The van der Waals surface area contributed by atoms with Crippen molar-refractivity contribution < 1.29 is 9.53 Å². The molecule has 2 rings (SSSR count). The molecule has 0 saturated carbocycles. The van der Waals surface area contributed by atoms with Gasteiger partial charge in [-0.1, -0.05) is 39.7 Å². The summed E-state index contributed by atoms with van der Waals surface area (Å²) in [5.41, 5.74) is 0.305. The molecule has 6 nitrogen and oxygen atoms in total. The molecule has 9 heteroatoms. The van der Waals surface area contributed by atoms with Crippen molar-refractivity contribution in [3.05, 3.63) is 27.7 Å². The highest BCUT2D eigenvalue weighted by Crippen LogP contribution is 2.34. The average Bonchev–Trinajstić information content (AvgIpc) is 2.90. The maximum atomic E-state index is 12.0. The second-order valence-electron chi connectivity index (χ2n) is 3.74. The molecule has 0 bridgehead atoms. The predicted octanol–water partition coefficient (Wildman–Crippen LogP) is 3.28. The van der Waals surface area contributed by atoms with Gasteiger partial charge in [0.25, 0.3) is 5.91 Å². The van der Waals surface area contributed by atoms with E-state index < -0.39 is 5.91 Å². The van der Waals surface area contributed by atoms with Gasteiger partial charge in [-0.25, -0.2) is 0 Å². The summed E-state index contributed by atoms with van der Waals surface area (Å²) < 4.78 is 8.98. The van der Waals surface area contributed by atoms with Crippen LogP contribution in [-0.2, 0) is 0 Å². The van der Waals surface area contributed by atoms with Crippen LogP contribution >= 0.6 is 34.7 Å². The minimum Gasteiger partial charge on any atom is -0.490 e. The molecule has 0 radical (unpaired) electrons. The second kappa shape index (κ2) is 6.83. The molecule has 1 N–H and O–H groups in total. The van der Waals surface area contributed by atoms with Gasteiger partial charge >= 0.3 is 0 Å². The Morgan fingerprint density at radius 2 is 2.10 bits per heavy atom. The van der Waals surface area contributed by atoms with Crippen molar-refractivity contribution in [2.75, 3.05) is 11.9 Å². The van der Waals surface area contributed by atoms with E-state index in [0.717, 1.165) is 18.0 Å². The minimum atomic E-state index is -0.394. The highest BCUT2D eigenvalue weighted by molar-refractivity contribution is 7.09. The van der Waals surface area contributed by atoms with Gasteiger partial charge in [0, 0.05) is 17.1 Å². The first kappa shape index (κ1) is 15.0. The summed E-state index contributed by atoms with van der Waals surface area (Å²) >= 11 is 13.1. The molecule has 1 amide bonds. The molecule has 1 aromatic carbocycles. The summed E-state index contributed by atoms with van der Waals surface area (Å²) in [6, 6.07) is 2.98. The van der Waals surface area contributed by atoms with E-state index in [1.165, 1.54) is 12.1 Å². The van der Waals surface area contributed by atoms with Crippen molar-refractivity contribution in [3.8, 4) is 5.75 Å². The van der Waals surface area contributed by atoms with E-state index in [4.69, 9.17) is 27.9 Å². The van der Waals surface area contributed by atoms with Crippen LogP contribution in [0.1, 0.15) is 23.7 Å². The molecule has 0 aliphatic heterocycles. The zero-order chi connectivity index (χ0) is 14.5. The Balaban J connectivity index is 2.18. The van der Waals surface area contributed by atoms with Crippen molar-refractivity contribution in [2.45, 2.75) is 13.3 Å². The van der Waals surface area contributed by atoms with Crippen LogP contribution in [0.25, 0.3) is 0 Å². The van der Waals surface area contributed by atoms with E-state index in [1.54, 1.807) is 0 Å². The Kier molecular flexibility index (Phi) is 5.11. The number of halogens is 2. The molecule has 1 aromatic heterocycles. The molecule has 0 aliphatic carbocycles. The van der Waals surface area contributed by atoms with Crippen molar-refractivity contribution in [1.29, 1.82) is 0 Å². The van der Waals surface area contributed by atoms with E-state index >= 15 is 0 Å². The summed E-state index contributed by atoms with van der Waals surface area (Å²) in [5, 5.41) is 10.4. The number of anilines is 1. The van der Waals surface area contributed by atoms with E-state index in [9.17, 15) is 4.79 Å². The highest BCUT2D eigenvalue weighted by atomic mass is 35.5. The molecular weight excluding hydrogens is 323 g/mol. The van der Waals surface area contributed by atoms with Gasteiger partial charge in [-0.2, -0.15) is 0 Å². The summed E-state index contributed by atoms with van der Waals surface area (Å²) in [4.78, 5) is 12.0. The zero-order valence-electron chi connectivity index (χ0n) is 10.4. The molecule has 0 atom stereocenters. The summed E-state index contributed by atoms with van der Waals surface area (Å²) in [5.74, 6) is -0.0151. The molecule has 2 aromatic rings. The third kappa shape index (κ3) is 3.56. The van der Waals surface area contributed by atoms with Crippen LogP contribution in [0.2, 0.25) is 10.0 Å². The quantitative estimate of drug-likeness (QED) is 0.909. The molecular formula is C11H10Cl2N4O2S. The Morgan fingerprint density at radius 1 is 1.40 bits per heavy atom. The molecule has 1 heterocycles. The van der Waals surface area contributed by atoms with Gasteiger partial charge in [0.05, 0.1) is 16.7 Å². The normalized spacial score (nSPS) is 10.3. The van der Waals surface area contributed by atoms with Crippen LogP contribution in [0, 0.1) is 0 Å². The number of carbonyl (C=O) groups is 1. The van der Waals surface area contributed by atoms with Gasteiger partial charge in [0.2, 0.25) is 5.13 Å². The topological polar surface area (TPSA) is 77.0 Å². The van der Waals surface area contributed by atoms with Gasteiger partial charge in [-0.05, 0) is 23.8 Å². The van der Waals surface area contributed by atoms with Crippen molar-refractivity contribution in [1.82, 2.24) is 14.8 Å². The van der Waals surface area contributed by atoms with Crippen LogP contribution in [-0.4, -0.2) is 27.3 Å². The van der Waals surface area contributed by atoms with Crippen molar-refractivity contribution >= 4 is 45.8 Å². The third-order valence-electron chi connectivity index (χ3n) is 2.23. The number of nitrogens with one attached hydrogen (secondary N) is 1. The molecule has 0 aliphatic rings. The lowest BCUT2D eigenvalue weighted by Gasteiger charge is -2.10. The molecule has 0 fully saturated rings. The highest BCUT2D eigenvalue weighted by Gasteiger charge is 2.15. The van der Waals surface area contributed by atoms with Crippen LogP contribution in [0.15, 0.2) is 12.1 Å². The number of benzene rings is 1. The maximum Gasteiger partial charge on any atom is 0.257 e. The smallest absolute Gasteiger partial charge is 0.257 e. The Hall–Kier alpha value is -1.44. The number of carbonyl (C=O) groups excluding carboxylic acids is 1. The van der Waals surface area contributed by atoms with E-state index in [1.807, 2.05) is 6.92 Å². The summed E-state index contributed by atoms with van der Waals surface area (Å²) in [7, 11) is 0. The lowest BCUT2D eigenvalue weighted by Crippen LogP contribution is -2.12. The number of amides is 1. The van der Waals surface area contributed by atoms with Gasteiger partial charge in [0.15, 0.2) is 5.75 Å². The largest absolute Gasteiger partial charge is 0.490 e. The molecule has 0 spiro atoms. The van der Waals surface area contributed by atoms with E-state index in [0.29, 0.717) is 23.1 Å². The first-order valence-corrected chi connectivity index (χ1v) is 7.23. The number of hydrogen-bond acceptors (Lipinski definition) is 6. The molecule has 20 heavy (non-hydrogen) atoms. The number of rotatable bonds is 5. The lowest BCUT2D eigenvalue weighted by atomic mass is 10.2. The SMILES string of the molecule is CCCOc1c(Cl)cc(C(=O)Nc2nnns2)cc1Cl. The molecule has 0 saturated heterocycles. The molecule has 0 unspecified atom stereocenters. The summed E-state index contributed by atoms with van der Waals surface area (Å²) in [6.07, 6.45) is 0.832. The van der Waals surface area contributed by atoms with Crippen molar-refractivity contribution in [3.63, 3.8) is 0 Å². The first-order chi connectivity index (χ1) is 9.61. The second-order valence-corrected chi connectivity index (χ2v) is 5.29. The minimum absolute atomic E-state index is 0.284. The molecule has 106 valence electrons. The van der Waals surface area contributed by atoms with Crippen LogP contribution in [0.4, 0.5) is 5.13 Å². The van der Waals surface area contributed by atoms with Gasteiger partial charge in [-0.3, -0.25) is 10.1 Å². The Bertz CT molecular complexity index is 583. The first-order valence-electron chi connectivity index (χ1n) is 5.70. The van der Waals surface area contributed by atoms with Crippen LogP contribution in [0.5, 0.6) is 5.75 Å². The Labute approximate surface area is 129 Å². The Morgan fingerprint density at radius 3 is 2.65 bits per heavy atom. The van der Waals surface area contributed by atoms with Crippen molar-refractivity contribution in [2.24, 2.45) is 0 Å². The average molecular weight is 333 g/mol. The number of nitrogens with zero attached hydrogens (tertiary/aromatic N) is 3. The van der Waals surface area contributed by atoms with Gasteiger partial charge in [0.1, 0.15) is 0 Å². The third-order valence-corrected chi connectivity index (χ3v) is 3.30. The zero-order valence-corrected chi connectivity index (χ0v) is 12.7. The van der Waals surface area contributed by atoms with E-state index in [-0.39, 0.29) is 10.0 Å². The maximum absolute atomic E-state index is 12.0. The van der Waals surface area contributed by atoms with Gasteiger partial charge in [-0.15, -0.1) is 0 Å². The van der Waals surface area contributed by atoms with Crippen LogP contribution < -0.4 is 10.1 Å². The standard InChI is InChI=1S/C11H10Cl2N4O2S/c1-2-3-19-9-7(12)4-6(5-8(9)13)10(18)14-11-15-16-17-20-11/h4-5H,2-3H2,1H3,(H,14,15,17,18).